The minimum Gasteiger partial charge on any atom is -0.494 e. The number of carbonyl (C=O) groups excluding carboxylic acids is 2. The van der Waals surface area contributed by atoms with Crippen LogP contribution in [0.25, 0.3) is 0 Å². The lowest BCUT2D eigenvalue weighted by molar-refractivity contribution is -0.139. The maximum atomic E-state index is 14.6. The quantitative estimate of drug-likeness (QED) is 0.325. The zero-order valence-corrected chi connectivity index (χ0v) is 24.4. The lowest BCUT2D eigenvalue weighted by Gasteiger charge is -2.32. The van der Waals surface area contributed by atoms with E-state index >= 15 is 0 Å². The van der Waals surface area contributed by atoms with Gasteiger partial charge in [0.1, 0.15) is 24.2 Å². The molecule has 0 aromatic heterocycles. The minimum atomic E-state index is -4.36. The molecule has 0 bridgehead atoms. The maximum absolute atomic E-state index is 14.6. The Kier molecular flexibility index (Phi) is 10.5. The first-order valence-electron chi connectivity index (χ1n) is 12.8. The summed E-state index contributed by atoms with van der Waals surface area (Å²) in [6.07, 6.45) is 0. The van der Waals surface area contributed by atoms with E-state index in [9.17, 15) is 22.4 Å². The zero-order valence-electron chi connectivity index (χ0n) is 23.6. The van der Waals surface area contributed by atoms with E-state index in [-0.39, 0.29) is 28.4 Å². The molecule has 0 heterocycles. The van der Waals surface area contributed by atoms with Gasteiger partial charge >= 0.3 is 0 Å². The van der Waals surface area contributed by atoms with Gasteiger partial charge in [0.2, 0.25) is 11.8 Å². The van der Waals surface area contributed by atoms with Crippen molar-refractivity contribution in [2.75, 3.05) is 38.7 Å². The Labute approximate surface area is 239 Å². The van der Waals surface area contributed by atoms with Crippen LogP contribution in [0.4, 0.5) is 10.1 Å². The van der Waals surface area contributed by atoms with Gasteiger partial charge in [-0.05, 0) is 56.3 Å². The molecule has 3 aromatic rings. The molecule has 2 amide bonds. The van der Waals surface area contributed by atoms with Crippen molar-refractivity contribution in [2.24, 2.45) is 0 Å². The van der Waals surface area contributed by atoms with Crippen LogP contribution >= 0.6 is 0 Å². The van der Waals surface area contributed by atoms with Gasteiger partial charge in [-0.15, -0.1) is 0 Å². The predicted molar refractivity (Wildman–Crippen MR) is 152 cm³/mol. The number of hydrogen-bond acceptors (Lipinski definition) is 7. The summed E-state index contributed by atoms with van der Waals surface area (Å²) in [7, 11) is -0.145. The molecular weight excluding hydrogens is 553 g/mol. The number of anilines is 1. The second-order valence-electron chi connectivity index (χ2n) is 8.86. The molecule has 0 unspecified atom stereocenters. The Morgan fingerprint density at radius 2 is 1.63 bits per heavy atom. The molecule has 0 fully saturated rings. The van der Waals surface area contributed by atoms with Gasteiger partial charge in [0.25, 0.3) is 10.0 Å². The third-order valence-electron chi connectivity index (χ3n) is 6.37. The molecule has 0 aliphatic heterocycles. The van der Waals surface area contributed by atoms with Crippen LogP contribution in [0.1, 0.15) is 19.4 Å². The summed E-state index contributed by atoms with van der Waals surface area (Å²) in [5.41, 5.74) is 0.349. The number of carbonyl (C=O) groups is 2. The number of likely N-dealkylation sites (N-methyl/N-ethyl adjacent to an activating group) is 1. The van der Waals surface area contributed by atoms with Gasteiger partial charge in [0, 0.05) is 25.2 Å². The summed E-state index contributed by atoms with van der Waals surface area (Å²) < 4.78 is 59.5. The average Bonchev–Trinajstić information content (AvgIpc) is 2.98. The molecule has 220 valence electrons. The van der Waals surface area contributed by atoms with Gasteiger partial charge < -0.3 is 24.4 Å². The van der Waals surface area contributed by atoms with Crippen molar-refractivity contribution in [1.82, 2.24) is 10.2 Å². The number of amides is 2. The molecule has 3 aromatic carbocycles. The van der Waals surface area contributed by atoms with Crippen LogP contribution in [0.3, 0.4) is 0 Å². The lowest BCUT2D eigenvalue weighted by atomic mass is 10.1. The molecule has 41 heavy (non-hydrogen) atoms. The van der Waals surface area contributed by atoms with Crippen molar-refractivity contribution in [1.29, 1.82) is 0 Å². The fourth-order valence-corrected chi connectivity index (χ4v) is 5.54. The van der Waals surface area contributed by atoms with Gasteiger partial charge in [-0.2, -0.15) is 0 Å². The highest BCUT2D eigenvalue weighted by Crippen LogP contribution is 2.33. The highest BCUT2D eigenvalue weighted by atomic mass is 32.2. The zero-order chi connectivity index (χ0) is 30.2. The first kappa shape index (κ1) is 31.2. The SMILES string of the molecule is CCOc1ccc(N(CC(=O)N(Cc2ccccc2F)[C@@H](C)C(=O)NC)S(=O)(=O)c2ccc(OC)c(OC)c2)cc1. The molecule has 0 saturated heterocycles. The van der Waals surface area contributed by atoms with E-state index in [1.807, 2.05) is 6.92 Å². The van der Waals surface area contributed by atoms with Gasteiger partial charge in [0.15, 0.2) is 11.5 Å². The summed E-state index contributed by atoms with van der Waals surface area (Å²) in [5, 5.41) is 2.49. The Morgan fingerprint density at radius 1 is 0.976 bits per heavy atom. The smallest absolute Gasteiger partial charge is 0.264 e. The number of halogens is 1. The molecular formula is C29H34FN3O7S. The van der Waals surface area contributed by atoms with E-state index in [1.54, 1.807) is 18.2 Å². The van der Waals surface area contributed by atoms with E-state index < -0.39 is 40.2 Å². The number of ether oxygens (including phenoxy) is 3. The normalized spacial score (nSPS) is 11.8. The van der Waals surface area contributed by atoms with Crippen molar-refractivity contribution in [2.45, 2.75) is 31.3 Å². The van der Waals surface area contributed by atoms with Crippen LogP contribution in [0.15, 0.2) is 71.6 Å². The average molecular weight is 588 g/mol. The molecule has 1 N–H and O–H groups in total. The third-order valence-corrected chi connectivity index (χ3v) is 8.14. The van der Waals surface area contributed by atoms with Crippen molar-refractivity contribution in [3.8, 4) is 17.2 Å². The standard InChI is InChI=1S/C29H34FN3O7S/c1-6-40-23-13-11-22(12-14-23)33(41(36,37)24-15-16-26(38-4)27(17-24)39-5)19-28(34)32(20(2)29(35)31-3)18-21-9-7-8-10-25(21)30/h7-17,20H,6,18-19H2,1-5H3,(H,31,35)/t20-/m0/s1. The van der Waals surface area contributed by atoms with Crippen molar-refractivity contribution < 1.29 is 36.6 Å². The van der Waals surface area contributed by atoms with E-state index in [0.717, 1.165) is 9.21 Å². The number of nitrogens with one attached hydrogen (secondary N) is 1. The molecule has 0 aliphatic carbocycles. The minimum absolute atomic E-state index is 0.156. The first-order chi connectivity index (χ1) is 19.6. The Hall–Kier alpha value is -4.32. The van der Waals surface area contributed by atoms with Gasteiger partial charge in [-0.25, -0.2) is 12.8 Å². The van der Waals surface area contributed by atoms with E-state index in [4.69, 9.17) is 14.2 Å². The Morgan fingerprint density at radius 3 is 2.22 bits per heavy atom. The number of nitrogens with zero attached hydrogens (tertiary/aromatic N) is 2. The maximum Gasteiger partial charge on any atom is 0.264 e. The number of rotatable bonds is 13. The topological polar surface area (TPSA) is 114 Å². The summed E-state index contributed by atoms with van der Waals surface area (Å²) in [5.74, 6) is -0.755. The summed E-state index contributed by atoms with van der Waals surface area (Å²) in [4.78, 5) is 27.4. The Bertz CT molecular complexity index is 1470. The second kappa shape index (κ2) is 13.8. The predicted octanol–water partition coefficient (Wildman–Crippen LogP) is 3.60. The number of benzene rings is 3. The molecule has 10 nitrogen and oxygen atoms in total. The third kappa shape index (κ3) is 7.26. The van der Waals surface area contributed by atoms with E-state index in [2.05, 4.69) is 5.32 Å². The van der Waals surface area contributed by atoms with Crippen LogP contribution in [0, 0.1) is 5.82 Å². The molecule has 1 atom stereocenters. The molecule has 3 rings (SSSR count). The van der Waals surface area contributed by atoms with Crippen LogP contribution in [0.5, 0.6) is 17.2 Å². The monoisotopic (exact) mass is 587 g/mol. The first-order valence-corrected chi connectivity index (χ1v) is 14.2. The summed E-state index contributed by atoms with van der Waals surface area (Å²) in [6.45, 7) is 2.78. The van der Waals surface area contributed by atoms with Gasteiger partial charge in [-0.1, -0.05) is 18.2 Å². The second-order valence-corrected chi connectivity index (χ2v) is 10.7. The molecule has 0 saturated carbocycles. The van der Waals surface area contributed by atoms with Gasteiger partial charge in [-0.3, -0.25) is 13.9 Å². The number of hydrogen-bond donors (Lipinski definition) is 1. The Balaban J connectivity index is 2.09. The number of methoxy groups -OCH3 is 2. The van der Waals surface area contributed by atoms with Crippen LogP contribution in [0.2, 0.25) is 0 Å². The van der Waals surface area contributed by atoms with Crippen LogP contribution < -0.4 is 23.8 Å². The van der Waals surface area contributed by atoms with Gasteiger partial charge in [0.05, 0.1) is 31.4 Å². The number of sulfonamides is 1. The summed E-state index contributed by atoms with van der Waals surface area (Å²) in [6, 6.07) is 15.1. The highest BCUT2D eigenvalue weighted by molar-refractivity contribution is 7.92. The fraction of sp³-hybridized carbons (Fsp3) is 0.310. The van der Waals surface area contributed by atoms with Crippen LogP contribution in [-0.2, 0) is 26.2 Å². The van der Waals surface area contributed by atoms with E-state index in [0.29, 0.717) is 18.1 Å². The van der Waals surface area contributed by atoms with Crippen molar-refractivity contribution in [3.05, 3.63) is 78.1 Å². The largest absolute Gasteiger partial charge is 0.494 e. The lowest BCUT2D eigenvalue weighted by Crippen LogP contribution is -2.50. The van der Waals surface area contributed by atoms with Crippen LogP contribution in [-0.4, -0.2) is 65.6 Å². The van der Waals surface area contributed by atoms with E-state index in [1.165, 1.54) is 76.7 Å². The molecule has 0 aliphatic rings. The fourth-order valence-electron chi connectivity index (χ4n) is 4.11. The molecule has 12 heteroatoms. The summed E-state index contributed by atoms with van der Waals surface area (Å²) >= 11 is 0. The van der Waals surface area contributed by atoms with Crippen molar-refractivity contribution in [3.63, 3.8) is 0 Å². The molecule has 0 radical (unpaired) electrons. The molecule has 0 spiro atoms. The van der Waals surface area contributed by atoms with Crippen molar-refractivity contribution >= 4 is 27.5 Å². The highest BCUT2D eigenvalue weighted by Gasteiger charge is 2.33.